The number of phenolic OH excluding ortho intramolecular Hbond substituents is 1. The van der Waals surface area contributed by atoms with Gasteiger partial charge in [-0.2, -0.15) is 0 Å². The number of hydrogen-bond donors (Lipinski definition) is 2. The minimum atomic E-state index is 0.112. The van der Waals surface area contributed by atoms with Crippen molar-refractivity contribution < 1.29 is 5.11 Å². The van der Waals surface area contributed by atoms with Gasteiger partial charge in [0.05, 0.1) is 5.02 Å². The number of hydrogen-bond acceptors (Lipinski definition) is 2. The summed E-state index contributed by atoms with van der Waals surface area (Å²) in [5.41, 5.74) is 2.78. The van der Waals surface area contributed by atoms with Crippen molar-refractivity contribution >= 4 is 17.3 Å². The molecule has 1 aliphatic rings. The molecule has 98 valence electrons. The van der Waals surface area contributed by atoms with Crippen molar-refractivity contribution in [1.82, 2.24) is 5.32 Å². The molecule has 0 spiro atoms. The van der Waals surface area contributed by atoms with Gasteiger partial charge in [0.1, 0.15) is 5.75 Å². The van der Waals surface area contributed by atoms with Crippen molar-refractivity contribution in [1.29, 1.82) is 0 Å². The number of benzene rings is 1. The van der Waals surface area contributed by atoms with Crippen molar-refractivity contribution in [2.45, 2.75) is 38.0 Å². The molecule has 18 heavy (non-hydrogen) atoms. The molecule has 0 saturated heterocycles. The van der Waals surface area contributed by atoms with Crippen LogP contribution in [0.3, 0.4) is 0 Å². The monoisotopic (exact) mass is 265 g/mol. The van der Waals surface area contributed by atoms with E-state index in [1.165, 1.54) is 31.2 Å². The molecule has 2 N–H and O–H groups in total. The second-order valence-corrected chi connectivity index (χ2v) is 5.76. The SMILES string of the molecule is C=C(NC)c1cc(C2(C)CCCC2)cc(Cl)c1O. The summed E-state index contributed by atoms with van der Waals surface area (Å²) < 4.78 is 0. The molecule has 1 saturated carbocycles. The first-order valence-corrected chi connectivity index (χ1v) is 6.76. The van der Waals surface area contributed by atoms with Crippen LogP contribution in [0, 0.1) is 0 Å². The molecule has 0 unspecified atom stereocenters. The van der Waals surface area contributed by atoms with Gasteiger partial charge in [-0.25, -0.2) is 0 Å². The second-order valence-electron chi connectivity index (χ2n) is 5.35. The van der Waals surface area contributed by atoms with Crippen LogP contribution in [0.1, 0.15) is 43.7 Å². The van der Waals surface area contributed by atoms with E-state index in [0.717, 1.165) is 0 Å². The van der Waals surface area contributed by atoms with Gasteiger partial charge in [-0.1, -0.05) is 37.9 Å². The van der Waals surface area contributed by atoms with Gasteiger partial charge in [0.25, 0.3) is 0 Å². The van der Waals surface area contributed by atoms with Crippen LogP contribution in [0.5, 0.6) is 5.75 Å². The topological polar surface area (TPSA) is 32.3 Å². The molecule has 0 radical (unpaired) electrons. The van der Waals surface area contributed by atoms with E-state index in [9.17, 15) is 5.11 Å². The molecule has 0 aliphatic heterocycles. The largest absolute Gasteiger partial charge is 0.506 e. The molecule has 1 aliphatic carbocycles. The number of rotatable bonds is 3. The molecule has 2 rings (SSSR count). The summed E-state index contributed by atoms with van der Waals surface area (Å²) in [5, 5.41) is 13.4. The first kappa shape index (κ1) is 13.3. The quantitative estimate of drug-likeness (QED) is 0.864. The average Bonchev–Trinajstić information content (AvgIpc) is 2.79. The van der Waals surface area contributed by atoms with Crippen LogP contribution < -0.4 is 5.32 Å². The van der Waals surface area contributed by atoms with Crippen molar-refractivity contribution in [2.24, 2.45) is 0 Å². The molecular formula is C15H20ClNO. The maximum absolute atomic E-state index is 10.0. The second kappa shape index (κ2) is 4.85. The van der Waals surface area contributed by atoms with Crippen molar-refractivity contribution in [2.75, 3.05) is 7.05 Å². The van der Waals surface area contributed by atoms with Crippen LogP contribution >= 0.6 is 11.6 Å². The minimum absolute atomic E-state index is 0.112. The molecule has 0 atom stereocenters. The lowest BCUT2D eigenvalue weighted by Gasteiger charge is -2.26. The molecular weight excluding hydrogens is 246 g/mol. The lowest BCUT2D eigenvalue weighted by atomic mass is 9.80. The highest BCUT2D eigenvalue weighted by Gasteiger charge is 2.31. The fourth-order valence-electron chi connectivity index (χ4n) is 2.76. The molecule has 0 amide bonds. The van der Waals surface area contributed by atoms with E-state index >= 15 is 0 Å². The smallest absolute Gasteiger partial charge is 0.143 e. The summed E-state index contributed by atoms with van der Waals surface area (Å²) in [5.74, 6) is 0.112. The fourth-order valence-corrected chi connectivity index (χ4v) is 2.98. The number of phenols is 1. The van der Waals surface area contributed by atoms with Crippen LogP contribution in [0.4, 0.5) is 0 Å². The Bertz CT molecular complexity index is 476. The van der Waals surface area contributed by atoms with Gasteiger partial charge in [-0.05, 0) is 36.0 Å². The van der Waals surface area contributed by atoms with Crippen LogP contribution in [0.25, 0.3) is 5.70 Å². The first-order chi connectivity index (χ1) is 8.48. The number of halogens is 1. The van der Waals surface area contributed by atoms with Crippen molar-refractivity contribution in [3.8, 4) is 5.75 Å². The molecule has 0 aromatic heterocycles. The van der Waals surface area contributed by atoms with E-state index < -0.39 is 0 Å². The maximum Gasteiger partial charge on any atom is 0.143 e. The zero-order chi connectivity index (χ0) is 13.3. The highest BCUT2D eigenvalue weighted by atomic mass is 35.5. The normalized spacial score (nSPS) is 17.7. The zero-order valence-electron chi connectivity index (χ0n) is 11.0. The summed E-state index contributed by atoms with van der Waals surface area (Å²) in [6, 6.07) is 3.92. The third-order valence-electron chi connectivity index (χ3n) is 4.09. The van der Waals surface area contributed by atoms with Gasteiger partial charge >= 0.3 is 0 Å². The summed E-state index contributed by atoms with van der Waals surface area (Å²) >= 11 is 6.14. The summed E-state index contributed by atoms with van der Waals surface area (Å²) in [4.78, 5) is 0. The molecule has 2 nitrogen and oxygen atoms in total. The number of nitrogens with one attached hydrogen (secondary N) is 1. The third-order valence-corrected chi connectivity index (χ3v) is 4.38. The van der Waals surface area contributed by atoms with Crippen LogP contribution in [0.15, 0.2) is 18.7 Å². The highest BCUT2D eigenvalue weighted by Crippen LogP contribution is 2.44. The Hall–Kier alpha value is -1.15. The van der Waals surface area contributed by atoms with E-state index in [4.69, 9.17) is 11.6 Å². The summed E-state index contributed by atoms with van der Waals surface area (Å²) in [6.45, 7) is 6.18. The van der Waals surface area contributed by atoms with Gasteiger partial charge in [0.2, 0.25) is 0 Å². The first-order valence-electron chi connectivity index (χ1n) is 6.38. The molecule has 1 aromatic rings. The molecule has 0 heterocycles. The lowest BCUT2D eigenvalue weighted by Crippen LogP contribution is -2.17. The van der Waals surface area contributed by atoms with Crippen molar-refractivity contribution in [3.05, 3.63) is 34.9 Å². The summed E-state index contributed by atoms with van der Waals surface area (Å²) in [7, 11) is 1.79. The fraction of sp³-hybridized carbons (Fsp3) is 0.467. The van der Waals surface area contributed by atoms with Gasteiger partial charge in [0, 0.05) is 18.3 Å². The maximum atomic E-state index is 10.0. The molecule has 0 bridgehead atoms. The van der Waals surface area contributed by atoms with Crippen LogP contribution in [-0.2, 0) is 5.41 Å². The minimum Gasteiger partial charge on any atom is -0.506 e. The Kier molecular flexibility index (Phi) is 3.58. The third kappa shape index (κ3) is 2.22. The van der Waals surface area contributed by atoms with Crippen molar-refractivity contribution in [3.63, 3.8) is 0 Å². The molecule has 3 heteroatoms. The predicted molar refractivity (Wildman–Crippen MR) is 77.0 cm³/mol. The lowest BCUT2D eigenvalue weighted by molar-refractivity contribution is 0.467. The standard InChI is InChI=1S/C15H20ClNO/c1-10(17-3)12-8-11(9-13(16)14(12)18)15(2)6-4-5-7-15/h8-9,17-18H,1,4-7H2,2-3H3. The van der Waals surface area contributed by atoms with E-state index in [1.807, 2.05) is 12.1 Å². The Morgan fingerprint density at radius 3 is 2.56 bits per heavy atom. The Morgan fingerprint density at radius 1 is 1.39 bits per heavy atom. The van der Waals surface area contributed by atoms with E-state index in [2.05, 4.69) is 18.8 Å². The van der Waals surface area contributed by atoms with E-state index in [0.29, 0.717) is 16.3 Å². The number of aromatic hydroxyl groups is 1. The van der Waals surface area contributed by atoms with Gasteiger partial charge in [0.15, 0.2) is 0 Å². The van der Waals surface area contributed by atoms with E-state index in [1.54, 1.807) is 7.05 Å². The highest BCUT2D eigenvalue weighted by molar-refractivity contribution is 6.32. The Morgan fingerprint density at radius 2 is 2.00 bits per heavy atom. The van der Waals surface area contributed by atoms with Gasteiger partial charge in [-0.15, -0.1) is 0 Å². The van der Waals surface area contributed by atoms with Crippen LogP contribution in [0.2, 0.25) is 5.02 Å². The van der Waals surface area contributed by atoms with Gasteiger partial charge < -0.3 is 10.4 Å². The van der Waals surface area contributed by atoms with Gasteiger partial charge in [-0.3, -0.25) is 0 Å². The average molecular weight is 266 g/mol. The molecule has 1 fully saturated rings. The van der Waals surface area contributed by atoms with E-state index in [-0.39, 0.29) is 11.2 Å². The predicted octanol–water partition coefficient (Wildman–Crippen LogP) is 4.07. The Labute approximate surface area is 114 Å². The zero-order valence-corrected chi connectivity index (χ0v) is 11.8. The van der Waals surface area contributed by atoms with Crippen LogP contribution in [-0.4, -0.2) is 12.2 Å². The Balaban J connectivity index is 2.50. The molecule has 1 aromatic carbocycles. The summed E-state index contributed by atoms with van der Waals surface area (Å²) in [6.07, 6.45) is 4.88.